The van der Waals surface area contributed by atoms with Gasteiger partial charge in [-0.25, -0.2) is 9.97 Å². The number of rotatable bonds is 5. The number of alkyl halides is 3. The third-order valence-corrected chi connectivity index (χ3v) is 3.54. The Morgan fingerprint density at radius 3 is 2.64 bits per heavy atom. The molecule has 0 N–H and O–H groups in total. The van der Waals surface area contributed by atoms with E-state index in [0.717, 1.165) is 6.07 Å². The number of hydrogen-bond donors (Lipinski definition) is 0. The molecule has 0 saturated heterocycles. The summed E-state index contributed by atoms with van der Waals surface area (Å²) in [5, 5.41) is 4.07. The molecule has 0 atom stereocenters. The topological polar surface area (TPSA) is 59.7 Å². The van der Waals surface area contributed by atoms with Gasteiger partial charge in [-0.3, -0.25) is 9.67 Å². The fourth-order valence-electron chi connectivity index (χ4n) is 2.20. The van der Waals surface area contributed by atoms with Gasteiger partial charge in [0, 0.05) is 50.0 Å². The average molecular weight is 348 g/mol. The predicted molar refractivity (Wildman–Crippen MR) is 85.8 cm³/mol. The number of aromatic nitrogens is 5. The minimum atomic E-state index is -4.56. The summed E-state index contributed by atoms with van der Waals surface area (Å²) >= 11 is 0. The smallest absolute Gasteiger partial charge is 0.358 e. The van der Waals surface area contributed by atoms with Crippen LogP contribution in [0.15, 0.2) is 49.1 Å². The maximum absolute atomic E-state index is 13.2. The zero-order valence-corrected chi connectivity index (χ0v) is 13.4. The first kappa shape index (κ1) is 16.9. The highest BCUT2D eigenvalue weighted by Crippen LogP contribution is 2.31. The standard InChI is InChI=1S/C16H15F3N6/c1-24(8-9-25-7-3-6-21-25)14-10-13(16(17,18)19)22-15(23-14)12-4-2-5-20-11-12/h2-7,10-11H,8-9H2,1H3. The van der Waals surface area contributed by atoms with Crippen molar-refractivity contribution in [2.75, 3.05) is 18.5 Å². The summed E-state index contributed by atoms with van der Waals surface area (Å²) in [6, 6.07) is 5.98. The normalized spacial score (nSPS) is 11.5. The number of halogens is 3. The first-order valence-corrected chi connectivity index (χ1v) is 7.49. The van der Waals surface area contributed by atoms with Crippen molar-refractivity contribution in [3.05, 3.63) is 54.7 Å². The van der Waals surface area contributed by atoms with Crippen molar-refractivity contribution in [2.45, 2.75) is 12.7 Å². The summed E-state index contributed by atoms with van der Waals surface area (Å²) < 4.78 is 41.3. The molecule has 0 aliphatic carbocycles. The largest absolute Gasteiger partial charge is 0.433 e. The van der Waals surface area contributed by atoms with Gasteiger partial charge in [-0.15, -0.1) is 0 Å². The minimum Gasteiger partial charge on any atom is -0.358 e. The first-order valence-electron chi connectivity index (χ1n) is 7.49. The van der Waals surface area contributed by atoms with E-state index < -0.39 is 11.9 Å². The van der Waals surface area contributed by atoms with Crippen LogP contribution in [0.5, 0.6) is 0 Å². The van der Waals surface area contributed by atoms with Crippen LogP contribution in [0, 0.1) is 0 Å². The van der Waals surface area contributed by atoms with Gasteiger partial charge in [0.2, 0.25) is 0 Å². The minimum absolute atomic E-state index is 0.0103. The van der Waals surface area contributed by atoms with Gasteiger partial charge in [-0.05, 0) is 18.2 Å². The maximum Gasteiger partial charge on any atom is 0.433 e. The highest BCUT2D eigenvalue weighted by Gasteiger charge is 2.34. The van der Waals surface area contributed by atoms with Crippen molar-refractivity contribution >= 4 is 5.82 Å². The second kappa shape index (κ2) is 6.88. The van der Waals surface area contributed by atoms with Crippen LogP contribution in [0.1, 0.15) is 5.69 Å². The Hall–Kier alpha value is -2.97. The molecule has 3 aromatic rings. The van der Waals surface area contributed by atoms with Crippen molar-refractivity contribution in [1.82, 2.24) is 24.7 Å². The molecule has 0 bridgehead atoms. The molecule has 0 radical (unpaired) electrons. The van der Waals surface area contributed by atoms with Crippen molar-refractivity contribution in [1.29, 1.82) is 0 Å². The monoisotopic (exact) mass is 348 g/mol. The highest BCUT2D eigenvalue weighted by atomic mass is 19.4. The van der Waals surface area contributed by atoms with Crippen LogP contribution in [0.4, 0.5) is 19.0 Å². The van der Waals surface area contributed by atoms with E-state index in [1.54, 1.807) is 47.2 Å². The Kier molecular flexibility index (Phi) is 4.64. The summed E-state index contributed by atoms with van der Waals surface area (Å²) in [6.07, 6.45) is 1.84. The van der Waals surface area contributed by atoms with Crippen LogP contribution in [-0.2, 0) is 12.7 Å². The van der Waals surface area contributed by atoms with Crippen molar-refractivity contribution in [2.24, 2.45) is 0 Å². The van der Waals surface area contributed by atoms with E-state index in [4.69, 9.17) is 0 Å². The molecule has 25 heavy (non-hydrogen) atoms. The van der Waals surface area contributed by atoms with Crippen LogP contribution in [0.3, 0.4) is 0 Å². The van der Waals surface area contributed by atoms with E-state index in [1.807, 2.05) is 0 Å². The molecular weight excluding hydrogens is 333 g/mol. The van der Waals surface area contributed by atoms with Gasteiger partial charge in [-0.1, -0.05) is 0 Å². The molecule has 9 heteroatoms. The lowest BCUT2D eigenvalue weighted by Gasteiger charge is -2.20. The van der Waals surface area contributed by atoms with E-state index in [0.29, 0.717) is 18.7 Å². The van der Waals surface area contributed by atoms with Crippen LogP contribution in [0.25, 0.3) is 11.4 Å². The third-order valence-electron chi connectivity index (χ3n) is 3.54. The fourth-order valence-corrected chi connectivity index (χ4v) is 2.20. The molecule has 0 aliphatic heterocycles. The second-order valence-electron chi connectivity index (χ2n) is 5.37. The van der Waals surface area contributed by atoms with Crippen molar-refractivity contribution < 1.29 is 13.2 Å². The molecule has 6 nitrogen and oxygen atoms in total. The molecule has 0 saturated carbocycles. The summed E-state index contributed by atoms with van der Waals surface area (Å²) in [7, 11) is 1.68. The Labute approximate surface area is 142 Å². The molecule has 0 aliphatic rings. The maximum atomic E-state index is 13.2. The first-order chi connectivity index (χ1) is 11.9. The second-order valence-corrected chi connectivity index (χ2v) is 5.37. The zero-order valence-electron chi connectivity index (χ0n) is 13.4. The Morgan fingerprint density at radius 2 is 2.00 bits per heavy atom. The van der Waals surface area contributed by atoms with E-state index in [1.165, 1.54) is 12.4 Å². The Morgan fingerprint density at radius 1 is 1.16 bits per heavy atom. The lowest BCUT2D eigenvalue weighted by molar-refractivity contribution is -0.141. The lowest BCUT2D eigenvalue weighted by atomic mass is 10.2. The van der Waals surface area contributed by atoms with Crippen LogP contribution in [-0.4, -0.2) is 38.3 Å². The molecule has 3 aromatic heterocycles. The molecule has 0 unspecified atom stereocenters. The molecular formula is C16H15F3N6. The quantitative estimate of drug-likeness (QED) is 0.710. The summed E-state index contributed by atoms with van der Waals surface area (Å²) in [5.74, 6) is 0.178. The molecule has 0 spiro atoms. The third kappa shape index (κ3) is 4.11. The van der Waals surface area contributed by atoms with Crippen LogP contribution >= 0.6 is 0 Å². The van der Waals surface area contributed by atoms with Gasteiger partial charge in [-0.2, -0.15) is 18.3 Å². The van der Waals surface area contributed by atoms with Crippen LogP contribution in [0.2, 0.25) is 0 Å². The number of hydrogen-bond acceptors (Lipinski definition) is 5. The number of nitrogens with zero attached hydrogens (tertiary/aromatic N) is 6. The van der Waals surface area contributed by atoms with Gasteiger partial charge < -0.3 is 4.90 Å². The van der Waals surface area contributed by atoms with E-state index in [2.05, 4.69) is 20.1 Å². The van der Waals surface area contributed by atoms with Gasteiger partial charge in [0.05, 0.1) is 6.54 Å². The van der Waals surface area contributed by atoms with E-state index >= 15 is 0 Å². The van der Waals surface area contributed by atoms with E-state index in [9.17, 15) is 13.2 Å². The SMILES string of the molecule is CN(CCn1cccn1)c1cc(C(F)(F)F)nc(-c2cccnc2)n1. The zero-order chi connectivity index (χ0) is 17.9. The molecule has 3 heterocycles. The average Bonchev–Trinajstić information content (AvgIpc) is 3.13. The van der Waals surface area contributed by atoms with Gasteiger partial charge in [0.15, 0.2) is 11.5 Å². The van der Waals surface area contributed by atoms with Gasteiger partial charge in [0.1, 0.15) is 5.82 Å². The number of pyridine rings is 1. The number of likely N-dealkylation sites (N-methyl/N-ethyl adjacent to an activating group) is 1. The Balaban J connectivity index is 1.91. The molecule has 130 valence electrons. The molecule has 0 aromatic carbocycles. The summed E-state index contributed by atoms with van der Waals surface area (Å²) in [5.41, 5.74) is -0.558. The molecule has 0 amide bonds. The Bertz CT molecular complexity index is 818. The highest BCUT2D eigenvalue weighted by molar-refractivity contribution is 5.56. The van der Waals surface area contributed by atoms with Crippen molar-refractivity contribution in [3.8, 4) is 11.4 Å². The van der Waals surface area contributed by atoms with E-state index in [-0.39, 0.29) is 11.6 Å². The summed E-state index contributed by atoms with van der Waals surface area (Å²) in [4.78, 5) is 13.5. The number of anilines is 1. The van der Waals surface area contributed by atoms with Crippen molar-refractivity contribution in [3.63, 3.8) is 0 Å². The van der Waals surface area contributed by atoms with Gasteiger partial charge in [0.25, 0.3) is 0 Å². The molecule has 0 fully saturated rings. The van der Waals surface area contributed by atoms with Crippen LogP contribution < -0.4 is 4.90 Å². The fraction of sp³-hybridized carbons (Fsp3) is 0.250. The van der Waals surface area contributed by atoms with Gasteiger partial charge >= 0.3 is 6.18 Å². The molecule has 3 rings (SSSR count). The lowest BCUT2D eigenvalue weighted by Crippen LogP contribution is -2.25. The predicted octanol–water partition coefficient (Wildman–Crippen LogP) is 2.89. The summed E-state index contributed by atoms with van der Waals surface area (Å²) in [6.45, 7) is 0.972.